The van der Waals surface area contributed by atoms with Gasteiger partial charge in [0.1, 0.15) is 0 Å². The van der Waals surface area contributed by atoms with Crippen molar-refractivity contribution in [3.63, 3.8) is 0 Å². The molecule has 122 valence electrons. The number of nitrogens with zero attached hydrogens (tertiary/aromatic N) is 5. The van der Waals surface area contributed by atoms with Gasteiger partial charge in [-0.1, -0.05) is 0 Å². The van der Waals surface area contributed by atoms with E-state index in [1.165, 1.54) is 6.20 Å². The smallest absolute Gasteiger partial charge is 0.339 e. The van der Waals surface area contributed by atoms with Gasteiger partial charge in [0, 0.05) is 44.8 Å². The Hall–Kier alpha value is -2.64. The molecule has 1 aliphatic rings. The number of carboxylic acid groups (broad SMARTS) is 1. The standard InChI is InChI=1S/C15H20N6O2/c1-10-12(13(22)23)9-17-14(18-10)19-11-3-6-21(7-4-11)15-16-5-8-20(15)2/h5,8-9,11H,3-4,6-7H2,1-2H3,(H,22,23)(H,17,18,19). The molecule has 2 aromatic rings. The summed E-state index contributed by atoms with van der Waals surface area (Å²) in [6, 6.07) is 0.279. The number of anilines is 2. The minimum Gasteiger partial charge on any atom is -0.478 e. The zero-order valence-corrected chi connectivity index (χ0v) is 13.2. The lowest BCUT2D eigenvalue weighted by Gasteiger charge is -2.33. The van der Waals surface area contributed by atoms with Crippen molar-refractivity contribution >= 4 is 17.9 Å². The van der Waals surface area contributed by atoms with Gasteiger partial charge in [-0.15, -0.1) is 0 Å². The fourth-order valence-corrected chi connectivity index (χ4v) is 2.82. The number of piperidine rings is 1. The van der Waals surface area contributed by atoms with Crippen molar-refractivity contribution in [3.05, 3.63) is 29.8 Å². The molecule has 1 aliphatic heterocycles. The Bertz CT molecular complexity index is 706. The summed E-state index contributed by atoms with van der Waals surface area (Å²) in [5.74, 6) is 0.474. The molecule has 0 bridgehead atoms. The van der Waals surface area contributed by atoms with E-state index in [1.807, 2.05) is 17.8 Å². The van der Waals surface area contributed by atoms with Gasteiger partial charge < -0.3 is 19.9 Å². The van der Waals surface area contributed by atoms with E-state index >= 15 is 0 Å². The highest BCUT2D eigenvalue weighted by molar-refractivity contribution is 5.88. The van der Waals surface area contributed by atoms with E-state index in [-0.39, 0.29) is 11.6 Å². The quantitative estimate of drug-likeness (QED) is 0.877. The van der Waals surface area contributed by atoms with E-state index in [2.05, 4.69) is 25.2 Å². The average Bonchev–Trinajstić information content (AvgIpc) is 2.94. The van der Waals surface area contributed by atoms with E-state index in [4.69, 9.17) is 5.11 Å². The Balaban J connectivity index is 1.60. The van der Waals surface area contributed by atoms with Crippen molar-refractivity contribution in [2.24, 2.45) is 7.05 Å². The molecule has 1 fully saturated rings. The molecule has 2 aromatic heterocycles. The summed E-state index contributed by atoms with van der Waals surface area (Å²) in [6.45, 7) is 3.50. The van der Waals surface area contributed by atoms with Crippen LogP contribution in [0.1, 0.15) is 28.9 Å². The van der Waals surface area contributed by atoms with E-state index in [0.29, 0.717) is 11.6 Å². The topological polar surface area (TPSA) is 96.2 Å². The minimum absolute atomic E-state index is 0.139. The highest BCUT2D eigenvalue weighted by Gasteiger charge is 2.22. The van der Waals surface area contributed by atoms with Crippen LogP contribution in [0.5, 0.6) is 0 Å². The van der Waals surface area contributed by atoms with Crippen molar-refractivity contribution < 1.29 is 9.90 Å². The third kappa shape index (κ3) is 3.25. The number of hydrogen-bond donors (Lipinski definition) is 2. The third-order valence-corrected chi connectivity index (χ3v) is 4.12. The molecular formula is C15H20N6O2. The third-order valence-electron chi connectivity index (χ3n) is 4.12. The average molecular weight is 316 g/mol. The second-order valence-corrected chi connectivity index (χ2v) is 5.74. The summed E-state index contributed by atoms with van der Waals surface area (Å²) in [6.07, 6.45) is 7.02. The largest absolute Gasteiger partial charge is 0.478 e. The Morgan fingerprint density at radius 3 is 2.65 bits per heavy atom. The fourth-order valence-electron chi connectivity index (χ4n) is 2.82. The lowest BCUT2D eigenvalue weighted by Crippen LogP contribution is -2.40. The van der Waals surface area contributed by atoms with E-state index < -0.39 is 5.97 Å². The van der Waals surface area contributed by atoms with Gasteiger partial charge >= 0.3 is 5.97 Å². The van der Waals surface area contributed by atoms with Crippen LogP contribution in [0.15, 0.2) is 18.6 Å². The summed E-state index contributed by atoms with van der Waals surface area (Å²) in [5.41, 5.74) is 0.612. The Morgan fingerprint density at radius 1 is 1.35 bits per heavy atom. The first kappa shape index (κ1) is 15.3. The molecule has 23 heavy (non-hydrogen) atoms. The van der Waals surface area contributed by atoms with Crippen LogP contribution in [0.2, 0.25) is 0 Å². The van der Waals surface area contributed by atoms with Crippen molar-refractivity contribution in [1.82, 2.24) is 19.5 Å². The summed E-state index contributed by atoms with van der Waals surface area (Å²) >= 11 is 0. The molecule has 1 saturated heterocycles. The van der Waals surface area contributed by atoms with Crippen molar-refractivity contribution in [2.75, 3.05) is 23.3 Å². The minimum atomic E-state index is -1.00. The second-order valence-electron chi connectivity index (χ2n) is 5.74. The number of carboxylic acids is 1. The summed E-state index contributed by atoms with van der Waals surface area (Å²) in [4.78, 5) is 26.0. The highest BCUT2D eigenvalue weighted by atomic mass is 16.4. The molecule has 8 nitrogen and oxygen atoms in total. The number of carbonyl (C=O) groups is 1. The molecule has 0 atom stereocenters. The first-order valence-corrected chi connectivity index (χ1v) is 7.60. The Kier molecular flexibility index (Phi) is 4.14. The predicted octanol–water partition coefficient (Wildman–Crippen LogP) is 1.30. The first-order valence-electron chi connectivity index (χ1n) is 7.60. The normalized spacial score (nSPS) is 15.7. The van der Waals surface area contributed by atoms with Gasteiger partial charge in [0.05, 0.1) is 11.3 Å². The van der Waals surface area contributed by atoms with Crippen molar-refractivity contribution in [2.45, 2.75) is 25.8 Å². The maximum Gasteiger partial charge on any atom is 0.339 e. The van der Waals surface area contributed by atoms with Crippen LogP contribution in [0.3, 0.4) is 0 Å². The number of aryl methyl sites for hydroxylation is 2. The van der Waals surface area contributed by atoms with Crippen LogP contribution in [0.4, 0.5) is 11.9 Å². The SMILES string of the molecule is Cc1nc(NC2CCN(c3nccn3C)CC2)ncc1C(=O)O. The number of imidazole rings is 1. The van der Waals surface area contributed by atoms with Crippen LogP contribution in [0, 0.1) is 6.92 Å². The monoisotopic (exact) mass is 316 g/mol. The van der Waals surface area contributed by atoms with Gasteiger partial charge in [0.25, 0.3) is 0 Å². The predicted molar refractivity (Wildman–Crippen MR) is 85.8 cm³/mol. The molecule has 8 heteroatoms. The molecule has 0 aromatic carbocycles. The van der Waals surface area contributed by atoms with E-state index in [1.54, 1.807) is 13.1 Å². The summed E-state index contributed by atoms with van der Waals surface area (Å²) in [5, 5.41) is 12.3. The number of hydrogen-bond acceptors (Lipinski definition) is 6. The number of aromatic carboxylic acids is 1. The fraction of sp³-hybridized carbons (Fsp3) is 0.467. The number of nitrogens with one attached hydrogen (secondary N) is 1. The summed E-state index contributed by atoms with van der Waals surface area (Å²) in [7, 11) is 1.99. The molecule has 3 heterocycles. The van der Waals surface area contributed by atoms with Gasteiger partial charge in [-0.2, -0.15) is 0 Å². The highest BCUT2D eigenvalue weighted by Crippen LogP contribution is 2.19. The van der Waals surface area contributed by atoms with Gasteiger partial charge in [-0.25, -0.2) is 19.7 Å². The molecule has 0 spiro atoms. The van der Waals surface area contributed by atoms with Gasteiger partial charge in [0.2, 0.25) is 11.9 Å². The lowest BCUT2D eigenvalue weighted by molar-refractivity contribution is 0.0695. The molecule has 0 amide bonds. The molecule has 0 radical (unpaired) electrons. The van der Waals surface area contributed by atoms with Crippen LogP contribution >= 0.6 is 0 Å². The molecule has 2 N–H and O–H groups in total. The maximum absolute atomic E-state index is 11.0. The molecule has 3 rings (SSSR count). The van der Waals surface area contributed by atoms with E-state index in [0.717, 1.165) is 31.9 Å². The van der Waals surface area contributed by atoms with Gasteiger partial charge in [-0.05, 0) is 19.8 Å². The van der Waals surface area contributed by atoms with Gasteiger partial charge in [-0.3, -0.25) is 0 Å². The Labute approximate surface area is 134 Å². The van der Waals surface area contributed by atoms with Crippen LogP contribution in [-0.2, 0) is 7.05 Å². The number of aromatic nitrogens is 4. The van der Waals surface area contributed by atoms with Crippen LogP contribution < -0.4 is 10.2 Å². The number of rotatable bonds is 4. The zero-order chi connectivity index (χ0) is 16.4. The van der Waals surface area contributed by atoms with E-state index in [9.17, 15) is 4.79 Å². The molecule has 0 unspecified atom stereocenters. The van der Waals surface area contributed by atoms with Crippen molar-refractivity contribution in [3.8, 4) is 0 Å². The van der Waals surface area contributed by atoms with Crippen molar-refractivity contribution in [1.29, 1.82) is 0 Å². The first-order chi connectivity index (χ1) is 11.0. The molecular weight excluding hydrogens is 296 g/mol. The van der Waals surface area contributed by atoms with Gasteiger partial charge in [0.15, 0.2) is 0 Å². The lowest BCUT2D eigenvalue weighted by atomic mass is 10.1. The summed E-state index contributed by atoms with van der Waals surface area (Å²) < 4.78 is 2.02. The second kappa shape index (κ2) is 6.23. The van der Waals surface area contributed by atoms with Crippen LogP contribution in [-0.4, -0.2) is 49.7 Å². The Morgan fingerprint density at radius 2 is 2.09 bits per heavy atom. The maximum atomic E-state index is 11.0. The molecule has 0 aliphatic carbocycles. The zero-order valence-electron chi connectivity index (χ0n) is 13.2. The van der Waals surface area contributed by atoms with Crippen LogP contribution in [0.25, 0.3) is 0 Å². The molecule has 0 saturated carbocycles.